The van der Waals surface area contributed by atoms with Gasteiger partial charge < -0.3 is 5.11 Å². The summed E-state index contributed by atoms with van der Waals surface area (Å²) in [5, 5.41) is 13.9. The fourth-order valence-corrected chi connectivity index (χ4v) is 3.97. The monoisotopic (exact) mass is 428 g/mol. The van der Waals surface area contributed by atoms with Gasteiger partial charge in [-0.15, -0.1) is 0 Å². The van der Waals surface area contributed by atoms with Gasteiger partial charge in [-0.05, 0) is 43.3 Å². The van der Waals surface area contributed by atoms with Crippen LogP contribution in [0, 0.1) is 6.92 Å². The summed E-state index contributed by atoms with van der Waals surface area (Å²) in [4.78, 5) is 24.2. The maximum atomic E-state index is 12.7. The number of nitrogens with zero attached hydrogens (tertiary/aromatic N) is 3. The molecule has 0 aliphatic carbocycles. The van der Waals surface area contributed by atoms with Crippen molar-refractivity contribution in [2.75, 3.05) is 5.43 Å². The predicted octanol–water partition coefficient (Wildman–Crippen LogP) is 1.38. The van der Waals surface area contributed by atoms with Crippen LogP contribution in [0.25, 0.3) is 0 Å². The normalized spacial score (nSPS) is 11.7. The van der Waals surface area contributed by atoms with E-state index >= 15 is 0 Å². The summed E-state index contributed by atoms with van der Waals surface area (Å²) >= 11 is 0. The topological polar surface area (TPSA) is 123 Å². The van der Waals surface area contributed by atoms with Crippen molar-refractivity contribution in [2.24, 2.45) is 19.2 Å². The van der Waals surface area contributed by atoms with E-state index in [-0.39, 0.29) is 15.4 Å². The molecule has 0 amide bonds. The molecule has 30 heavy (non-hydrogen) atoms. The molecule has 1 aromatic heterocycles. The molecule has 3 aromatic rings. The Morgan fingerprint density at radius 3 is 2.03 bits per heavy atom. The SMILES string of the molecule is Cc1ccc(S(=O)(=O)c2ccc(N/N=C\c3c(O)n(C)c(=O)n(C)c3=O)cc2)cc1. The molecule has 3 rings (SSSR count). The summed E-state index contributed by atoms with van der Waals surface area (Å²) in [5.41, 5.74) is 2.57. The summed E-state index contributed by atoms with van der Waals surface area (Å²) in [6.45, 7) is 1.88. The molecule has 2 N–H and O–H groups in total. The van der Waals surface area contributed by atoms with E-state index in [1.54, 1.807) is 24.3 Å². The van der Waals surface area contributed by atoms with Gasteiger partial charge in [-0.1, -0.05) is 17.7 Å². The number of benzene rings is 2. The summed E-state index contributed by atoms with van der Waals surface area (Å²) < 4.78 is 27.1. The molecule has 0 aliphatic heterocycles. The fourth-order valence-electron chi connectivity index (χ4n) is 2.71. The lowest BCUT2D eigenvalue weighted by atomic mass is 10.2. The smallest absolute Gasteiger partial charge is 0.333 e. The van der Waals surface area contributed by atoms with E-state index in [9.17, 15) is 23.1 Å². The number of anilines is 1. The van der Waals surface area contributed by atoms with E-state index in [2.05, 4.69) is 10.5 Å². The molecule has 0 saturated carbocycles. The standard InChI is InChI=1S/C20H20N4O5S/c1-13-4-8-15(9-5-13)30(28,29)16-10-6-14(7-11-16)22-21-12-17-18(25)23(2)20(27)24(3)19(17)26/h4-12,22,25H,1-3H3/b21-12-. The molecular formula is C20H20N4O5S. The molecule has 2 aromatic carbocycles. The Morgan fingerprint density at radius 2 is 1.47 bits per heavy atom. The summed E-state index contributed by atoms with van der Waals surface area (Å²) in [7, 11) is -1.01. The van der Waals surface area contributed by atoms with Crippen LogP contribution in [0.4, 0.5) is 5.69 Å². The second kappa shape index (κ2) is 7.99. The van der Waals surface area contributed by atoms with Crippen LogP contribution in [0.5, 0.6) is 5.88 Å². The highest BCUT2D eigenvalue weighted by Crippen LogP contribution is 2.22. The molecule has 9 nitrogen and oxygen atoms in total. The minimum atomic E-state index is -3.64. The number of hydrogen-bond acceptors (Lipinski definition) is 7. The van der Waals surface area contributed by atoms with Gasteiger partial charge in [0.1, 0.15) is 5.56 Å². The molecule has 0 unspecified atom stereocenters. The maximum Gasteiger partial charge on any atom is 0.333 e. The molecule has 0 spiro atoms. The first-order valence-electron chi connectivity index (χ1n) is 8.83. The van der Waals surface area contributed by atoms with Crippen LogP contribution in [0.2, 0.25) is 0 Å². The Morgan fingerprint density at radius 1 is 0.933 bits per heavy atom. The third-order valence-electron chi connectivity index (χ3n) is 4.55. The van der Waals surface area contributed by atoms with E-state index < -0.39 is 27.0 Å². The molecule has 0 fully saturated rings. The number of nitrogens with one attached hydrogen (secondary N) is 1. The maximum absolute atomic E-state index is 12.7. The van der Waals surface area contributed by atoms with E-state index in [0.717, 1.165) is 20.9 Å². The lowest BCUT2D eigenvalue weighted by molar-refractivity contribution is 0.410. The van der Waals surface area contributed by atoms with Crippen LogP contribution < -0.4 is 16.7 Å². The number of hydrazone groups is 1. The zero-order valence-corrected chi connectivity index (χ0v) is 17.3. The molecule has 10 heteroatoms. The van der Waals surface area contributed by atoms with Gasteiger partial charge in [0.25, 0.3) is 5.56 Å². The number of sulfone groups is 1. The number of aromatic hydroxyl groups is 1. The van der Waals surface area contributed by atoms with Gasteiger partial charge >= 0.3 is 5.69 Å². The quantitative estimate of drug-likeness (QED) is 0.468. The van der Waals surface area contributed by atoms with Crippen molar-refractivity contribution in [2.45, 2.75) is 16.7 Å². The van der Waals surface area contributed by atoms with Crippen LogP contribution >= 0.6 is 0 Å². The van der Waals surface area contributed by atoms with E-state index in [1.165, 1.54) is 38.4 Å². The average Bonchev–Trinajstić information content (AvgIpc) is 2.74. The average molecular weight is 428 g/mol. The third-order valence-corrected chi connectivity index (χ3v) is 6.34. The molecule has 156 valence electrons. The Bertz CT molecular complexity index is 1340. The highest BCUT2D eigenvalue weighted by atomic mass is 32.2. The largest absolute Gasteiger partial charge is 0.494 e. The first-order valence-corrected chi connectivity index (χ1v) is 10.3. The molecule has 0 atom stereocenters. The van der Waals surface area contributed by atoms with Crippen LogP contribution in [0.1, 0.15) is 11.1 Å². The van der Waals surface area contributed by atoms with E-state index in [4.69, 9.17) is 0 Å². The lowest BCUT2D eigenvalue weighted by Crippen LogP contribution is -2.38. The second-order valence-corrected chi connectivity index (χ2v) is 8.60. The van der Waals surface area contributed by atoms with Crippen LogP contribution in [-0.4, -0.2) is 28.9 Å². The van der Waals surface area contributed by atoms with Gasteiger partial charge in [0.2, 0.25) is 15.7 Å². The van der Waals surface area contributed by atoms with Crippen molar-refractivity contribution >= 4 is 21.7 Å². The zero-order chi connectivity index (χ0) is 22.1. The minimum absolute atomic E-state index is 0.130. The Labute approximate surface area is 172 Å². The summed E-state index contributed by atoms with van der Waals surface area (Å²) in [5.74, 6) is -0.506. The second-order valence-electron chi connectivity index (χ2n) is 6.65. The van der Waals surface area contributed by atoms with Crippen molar-refractivity contribution in [3.63, 3.8) is 0 Å². The van der Waals surface area contributed by atoms with E-state index in [1.807, 2.05) is 6.92 Å². The van der Waals surface area contributed by atoms with Gasteiger partial charge in [0.05, 0.1) is 21.7 Å². The molecular weight excluding hydrogens is 408 g/mol. The Balaban J connectivity index is 1.81. The van der Waals surface area contributed by atoms with Gasteiger partial charge in [-0.2, -0.15) is 5.10 Å². The highest BCUT2D eigenvalue weighted by Gasteiger charge is 2.17. The molecule has 0 radical (unpaired) electrons. The van der Waals surface area contributed by atoms with Gasteiger partial charge in [0.15, 0.2) is 0 Å². The number of rotatable bonds is 5. The lowest BCUT2D eigenvalue weighted by Gasteiger charge is -2.08. The summed E-state index contributed by atoms with van der Waals surface area (Å²) in [6.07, 6.45) is 1.09. The molecule has 0 bridgehead atoms. The van der Waals surface area contributed by atoms with E-state index in [0.29, 0.717) is 5.69 Å². The van der Waals surface area contributed by atoms with Gasteiger partial charge in [0, 0.05) is 14.1 Å². The van der Waals surface area contributed by atoms with Crippen molar-refractivity contribution in [1.82, 2.24) is 9.13 Å². The van der Waals surface area contributed by atoms with Gasteiger partial charge in [-0.25, -0.2) is 13.2 Å². The van der Waals surface area contributed by atoms with Crippen LogP contribution in [0.15, 0.2) is 73.0 Å². The Hall–Kier alpha value is -3.66. The van der Waals surface area contributed by atoms with Crippen molar-refractivity contribution < 1.29 is 13.5 Å². The van der Waals surface area contributed by atoms with Crippen molar-refractivity contribution in [3.8, 4) is 5.88 Å². The highest BCUT2D eigenvalue weighted by molar-refractivity contribution is 7.91. The predicted molar refractivity (Wildman–Crippen MR) is 113 cm³/mol. The van der Waals surface area contributed by atoms with Gasteiger partial charge in [-0.3, -0.25) is 19.4 Å². The number of aryl methyl sites for hydroxylation is 1. The zero-order valence-electron chi connectivity index (χ0n) is 16.5. The van der Waals surface area contributed by atoms with Crippen molar-refractivity contribution in [3.05, 3.63) is 80.5 Å². The third kappa shape index (κ3) is 3.90. The number of hydrogen-bond donors (Lipinski definition) is 2. The number of aromatic nitrogens is 2. The fraction of sp³-hybridized carbons (Fsp3) is 0.150. The van der Waals surface area contributed by atoms with Crippen LogP contribution in [-0.2, 0) is 23.9 Å². The summed E-state index contributed by atoms with van der Waals surface area (Å²) in [6, 6.07) is 12.5. The molecule has 1 heterocycles. The molecule has 0 aliphatic rings. The first-order chi connectivity index (χ1) is 14.1. The van der Waals surface area contributed by atoms with Crippen molar-refractivity contribution in [1.29, 1.82) is 0 Å². The Kier molecular flexibility index (Phi) is 5.61. The van der Waals surface area contributed by atoms with Crippen LogP contribution in [0.3, 0.4) is 0 Å². The first kappa shape index (κ1) is 21.1. The minimum Gasteiger partial charge on any atom is -0.494 e. The molecule has 0 saturated heterocycles.